The molecule has 1 aliphatic heterocycles. The van der Waals surface area contributed by atoms with Gasteiger partial charge in [0.2, 0.25) is 0 Å². The maximum Gasteiger partial charge on any atom is 0.126 e. The van der Waals surface area contributed by atoms with E-state index in [0.29, 0.717) is 30.2 Å². The van der Waals surface area contributed by atoms with E-state index in [1.807, 2.05) is 12.1 Å². The van der Waals surface area contributed by atoms with Gasteiger partial charge in [-0.25, -0.2) is 4.39 Å². The van der Waals surface area contributed by atoms with E-state index in [1.165, 1.54) is 23.3 Å². The van der Waals surface area contributed by atoms with Gasteiger partial charge in [0.1, 0.15) is 5.82 Å². The van der Waals surface area contributed by atoms with Crippen molar-refractivity contribution in [1.29, 1.82) is 0 Å². The van der Waals surface area contributed by atoms with E-state index in [1.54, 1.807) is 6.07 Å². The molecule has 3 rings (SSSR count). The van der Waals surface area contributed by atoms with Crippen LogP contribution in [0.5, 0.6) is 0 Å². The van der Waals surface area contributed by atoms with Crippen LogP contribution in [0.4, 0.5) is 4.39 Å². The number of hydrogen-bond donors (Lipinski definition) is 2. The van der Waals surface area contributed by atoms with Gasteiger partial charge in [0.05, 0.1) is 19.3 Å². The summed E-state index contributed by atoms with van der Waals surface area (Å²) in [5, 5.41) is 0.518. The number of fused-ring (bicyclic) bond motifs is 1. The highest BCUT2D eigenvalue weighted by molar-refractivity contribution is 6.30. The van der Waals surface area contributed by atoms with Crippen LogP contribution in [0.15, 0.2) is 36.4 Å². The van der Waals surface area contributed by atoms with E-state index in [2.05, 4.69) is 11.5 Å². The van der Waals surface area contributed by atoms with Crippen LogP contribution in [0.1, 0.15) is 28.3 Å². The van der Waals surface area contributed by atoms with Crippen molar-refractivity contribution < 1.29 is 9.13 Å². The fourth-order valence-corrected chi connectivity index (χ4v) is 2.80. The Kier molecular flexibility index (Phi) is 4.22. The summed E-state index contributed by atoms with van der Waals surface area (Å²) in [5.74, 6) is 5.38. The monoisotopic (exact) mass is 306 g/mol. The molecule has 3 N–H and O–H groups in total. The molecule has 0 aliphatic carbocycles. The lowest BCUT2D eigenvalue weighted by Gasteiger charge is -2.18. The Balaban J connectivity index is 1.86. The molecule has 0 aromatic heterocycles. The van der Waals surface area contributed by atoms with E-state index in [4.69, 9.17) is 22.2 Å². The fourth-order valence-electron chi connectivity index (χ4n) is 2.60. The minimum absolute atomic E-state index is 0.177. The number of benzene rings is 2. The SMILES string of the molecule is NNC(Cc1cc(Cl)ccc1F)c1ccc2c(c1)COC2. The van der Waals surface area contributed by atoms with E-state index >= 15 is 0 Å². The number of halogens is 2. The second-order valence-electron chi connectivity index (χ2n) is 5.18. The summed E-state index contributed by atoms with van der Waals surface area (Å²) >= 11 is 5.93. The predicted molar refractivity (Wildman–Crippen MR) is 80.1 cm³/mol. The smallest absolute Gasteiger partial charge is 0.126 e. The van der Waals surface area contributed by atoms with Crippen molar-refractivity contribution in [3.63, 3.8) is 0 Å². The van der Waals surface area contributed by atoms with Crippen molar-refractivity contribution in [2.75, 3.05) is 0 Å². The Morgan fingerprint density at radius 1 is 1.19 bits per heavy atom. The summed E-state index contributed by atoms with van der Waals surface area (Å²) in [6, 6.07) is 10.5. The van der Waals surface area contributed by atoms with Gasteiger partial charge in [0, 0.05) is 5.02 Å². The third-order valence-corrected chi connectivity index (χ3v) is 4.02. The molecule has 2 aromatic carbocycles. The van der Waals surface area contributed by atoms with Crippen LogP contribution in [-0.2, 0) is 24.4 Å². The first kappa shape index (κ1) is 14.5. The van der Waals surface area contributed by atoms with Crippen LogP contribution in [0.2, 0.25) is 5.02 Å². The van der Waals surface area contributed by atoms with Gasteiger partial charge in [0.25, 0.3) is 0 Å². The summed E-state index contributed by atoms with van der Waals surface area (Å²) in [6.07, 6.45) is 0.433. The molecule has 0 radical (unpaired) electrons. The molecule has 2 aromatic rings. The summed E-state index contributed by atoms with van der Waals surface area (Å²) in [5.41, 5.74) is 6.68. The fraction of sp³-hybridized carbons (Fsp3) is 0.250. The lowest BCUT2D eigenvalue weighted by atomic mass is 9.96. The first-order valence-electron chi connectivity index (χ1n) is 6.77. The predicted octanol–water partition coefficient (Wildman–Crippen LogP) is 3.26. The molecule has 5 heteroatoms. The van der Waals surface area contributed by atoms with Crippen LogP contribution in [0.3, 0.4) is 0 Å². The molecule has 1 unspecified atom stereocenters. The maximum atomic E-state index is 13.9. The van der Waals surface area contributed by atoms with Gasteiger partial charge in [-0.1, -0.05) is 29.8 Å². The lowest BCUT2D eigenvalue weighted by molar-refractivity contribution is 0.134. The summed E-state index contributed by atoms with van der Waals surface area (Å²) in [6.45, 7) is 1.27. The quantitative estimate of drug-likeness (QED) is 0.673. The van der Waals surface area contributed by atoms with Crippen LogP contribution in [0.25, 0.3) is 0 Å². The minimum atomic E-state index is -0.274. The van der Waals surface area contributed by atoms with Crippen LogP contribution < -0.4 is 11.3 Å². The van der Waals surface area contributed by atoms with Crippen molar-refractivity contribution >= 4 is 11.6 Å². The average molecular weight is 307 g/mol. The molecule has 1 heterocycles. The first-order valence-corrected chi connectivity index (χ1v) is 7.14. The molecule has 0 spiro atoms. The van der Waals surface area contributed by atoms with E-state index in [0.717, 1.165) is 5.56 Å². The summed E-state index contributed by atoms with van der Waals surface area (Å²) < 4.78 is 19.3. The van der Waals surface area contributed by atoms with E-state index in [9.17, 15) is 4.39 Å². The Morgan fingerprint density at radius 3 is 2.81 bits per heavy atom. The van der Waals surface area contributed by atoms with Gasteiger partial charge in [-0.05, 0) is 46.9 Å². The molecule has 0 saturated carbocycles. The molecule has 0 amide bonds. The number of ether oxygens (including phenoxy) is 1. The van der Waals surface area contributed by atoms with Crippen molar-refractivity contribution in [3.05, 3.63) is 69.5 Å². The lowest BCUT2D eigenvalue weighted by Crippen LogP contribution is -2.30. The Hall–Kier alpha value is -1.46. The van der Waals surface area contributed by atoms with Crippen molar-refractivity contribution in [3.8, 4) is 0 Å². The second kappa shape index (κ2) is 6.12. The minimum Gasteiger partial charge on any atom is -0.372 e. The largest absolute Gasteiger partial charge is 0.372 e. The average Bonchev–Trinajstić information content (AvgIpc) is 2.95. The zero-order chi connectivity index (χ0) is 14.8. The van der Waals surface area contributed by atoms with Crippen molar-refractivity contribution in [2.45, 2.75) is 25.7 Å². The molecule has 1 aliphatic rings. The molecule has 0 fully saturated rings. The topological polar surface area (TPSA) is 47.3 Å². The highest BCUT2D eigenvalue weighted by Crippen LogP contribution is 2.26. The molecule has 21 heavy (non-hydrogen) atoms. The highest BCUT2D eigenvalue weighted by atomic mass is 35.5. The highest BCUT2D eigenvalue weighted by Gasteiger charge is 2.17. The Bertz CT molecular complexity index is 663. The zero-order valence-corrected chi connectivity index (χ0v) is 12.2. The number of hydrazine groups is 1. The molecule has 110 valence electrons. The number of nitrogens with one attached hydrogen (secondary N) is 1. The van der Waals surface area contributed by atoms with Crippen molar-refractivity contribution in [1.82, 2.24) is 5.43 Å². The summed E-state index contributed by atoms with van der Waals surface area (Å²) in [7, 11) is 0. The van der Waals surface area contributed by atoms with Gasteiger partial charge in [-0.3, -0.25) is 11.3 Å². The van der Waals surface area contributed by atoms with Crippen LogP contribution in [0, 0.1) is 5.82 Å². The normalized spacial score (nSPS) is 15.0. The number of rotatable bonds is 4. The molecule has 1 atom stereocenters. The van der Waals surface area contributed by atoms with Gasteiger partial charge in [-0.2, -0.15) is 0 Å². The third-order valence-electron chi connectivity index (χ3n) is 3.78. The van der Waals surface area contributed by atoms with Gasteiger partial charge in [0.15, 0.2) is 0 Å². The third kappa shape index (κ3) is 3.09. The van der Waals surface area contributed by atoms with Gasteiger partial charge in [-0.15, -0.1) is 0 Å². The second-order valence-corrected chi connectivity index (χ2v) is 5.62. The molecule has 0 bridgehead atoms. The number of hydrogen-bond acceptors (Lipinski definition) is 3. The van der Waals surface area contributed by atoms with Crippen molar-refractivity contribution in [2.24, 2.45) is 5.84 Å². The zero-order valence-electron chi connectivity index (χ0n) is 11.4. The molecular formula is C16H16ClFN2O. The standard InChI is InChI=1S/C16H16ClFN2O/c17-14-3-4-15(18)12(6-14)7-16(20-19)10-1-2-11-8-21-9-13(11)5-10/h1-6,16,20H,7-9,19H2. The molecular weight excluding hydrogens is 291 g/mol. The van der Waals surface area contributed by atoms with E-state index in [-0.39, 0.29) is 11.9 Å². The molecule has 3 nitrogen and oxygen atoms in total. The Morgan fingerprint density at radius 2 is 2.00 bits per heavy atom. The van der Waals surface area contributed by atoms with Crippen LogP contribution >= 0.6 is 11.6 Å². The summed E-state index contributed by atoms with van der Waals surface area (Å²) in [4.78, 5) is 0. The van der Waals surface area contributed by atoms with Crippen LogP contribution in [-0.4, -0.2) is 0 Å². The first-order chi connectivity index (χ1) is 10.2. The number of nitrogens with two attached hydrogens (primary N) is 1. The maximum absolute atomic E-state index is 13.9. The van der Waals surface area contributed by atoms with Gasteiger partial charge >= 0.3 is 0 Å². The Labute approximate surface area is 127 Å². The molecule has 0 saturated heterocycles. The van der Waals surface area contributed by atoms with E-state index < -0.39 is 0 Å². The van der Waals surface area contributed by atoms with Gasteiger partial charge < -0.3 is 4.74 Å².